The van der Waals surface area contributed by atoms with Gasteiger partial charge in [-0.2, -0.15) is 5.10 Å². The highest BCUT2D eigenvalue weighted by Gasteiger charge is 2.13. The fraction of sp³-hybridized carbons (Fsp3) is 0.0588. The molecule has 2 aromatic heterocycles. The van der Waals surface area contributed by atoms with Gasteiger partial charge in [0.25, 0.3) is 5.91 Å². The van der Waals surface area contributed by atoms with E-state index in [2.05, 4.69) is 15.1 Å². The second kappa shape index (κ2) is 7.10. The number of carbonyl (C=O) groups is 1. The zero-order valence-corrected chi connectivity index (χ0v) is 14.1. The molecule has 0 aliphatic carbocycles. The Hall–Kier alpha value is -3.26. The largest absolute Gasteiger partial charge is 0.507 e. The number of primary amides is 1. The molecule has 0 aliphatic rings. The maximum absolute atomic E-state index is 11.5. The molecule has 0 saturated heterocycles. The fourth-order valence-electron chi connectivity index (χ4n) is 2.23. The fourth-order valence-corrected chi connectivity index (χ4v) is 3.03. The van der Waals surface area contributed by atoms with Crippen LogP contribution in [-0.4, -0.2) is 33.9 Å². The standard InChI is InChI=1S/C17H15N5O2S/c1-19-17-22(21-9-11-3-2-6-20-8-11)14(10-25-17)12-4-5-15(23)13(7-12)16(18)24/h2-10,23H,1H3,(H2,18,24)/b19-17?,21-9+. The molecule has 0 bridgehead atoms. The molecule has 7 nitrogen and oxygen atoms in total. The molecule has 1 amide bonds. The number of amides is 1. The third-order valence-electron chi connectivity index (χ3n) is 3.44. The topological polar surface area (TPSA) is 106 Å². The van der Waals surface area contributed by atoms with Crippen molar-refractivity contribution in [2.45, 2.75) is 0 Å². The van der Waals surface area contributed by atoms with Gasteiger partial charge in [-0.1, -0.05) is 6.07 Å². The van der Waals surface area contributed by atoms with Crippen LogP contribution in [0.3, 0.4) is 0 Å². The summed E-state index contributed by atoms with van der Waals surface area (Å²) in [5.41, 5.74) is 7.63. The molecule has 3 rings (SSSR count). The van der Waals surface area contributed by atoms with E-state index in [9.17, 15) is 9.90 Å². The predicted octanol–water partition coefficient (Wildman–Crippen LogP) is 1.83. The van der Waals surface area contributed by atoms with Crippen LogP contribution in [-0.2, 0) is 0 Å². The average molecular weight is 353 g/mol. The van der Waals surface area contributed by atoms with E-state index >= 15 is 0 Å². The summed E-state index contributed by atoms with van der Waals surface area (Å²) in [7, 11) is 1.68. The monoisotopic (exact) mass is 353 g/mol. The van der Waals surface area contributed by atoms with Crippen molar-refractivity contribution < 1.29 is 9.90 Å². The Balaban J connectivity index is 2.10. The van der Waals surface area contributed by atoms with Crippen molar-refractivity contribution in [3.63, 3.8) is 0 Å². The Bertz CT molecular complexity index is 1010. The van der Waals surface area contributed by atoms with Gasteiger partial charge in [0.15, 0.2) is 0 Å². The van der Waals surface area contributed by atoms with Gasteiger partial charge in [-0.15, -0.1) is 11.3 Å². The number of pyridine rings is 1. The van der Waals surface area contributed by atoms with Crippen LogP contribution in [0.2, 0.25) is 0 Å². The van der Waals surface area contributed by atoms with Crippen LogP contribution in [0.5, 0.6) is 5.75 Å². The predicted molar refractivity (Wildman–Crippen MR) is 96.6 cm³/mol. The summed E-state index contributed by atoms with van der Waals surface area (Å²) >= 11 is 1.41. The van der Waals surface area contributed by atoms with Gasteiger partial charge in [0, 0.05) is 35.9 Å². The lowest BCUT2D eigenvalue weighted by Crippen LogP contribution is -2.13. The first-order chi connectivity index (χ1) is 12.1. The highest BCUT2D eigenvalue weighted by Crippen LogP contribution is 2.26. The number of rotatable bonds is 4. The highest BCUT2D eigenvalue weighted by molar-refractivity contribution is 7.07. The third-order valence-corrected chi connectivity index (χ3v) is 4.35. The number of aromatic hydroxyl groups is 1. The quantitative estimate of drug-likeness (QED) is 0.699. The molecule has 126 valence electrons. The molecular formula is C17H15N5O2S. The Morgan fingerprint density at radius 3 is 2.92 bits per heavy atom. The number of aromatic nitrogens is 2. The first-order valence-electron chi connectivity index (χ1n) is 7.31. The van der Waals surface area contributed by atoms with Gasteiger partial charge < -0.3 is 10.8 Å². The number of nitrogens with two attached hydrogens (primary N) is 1. The summed E-state index contributed by atoms with van der Waals surface area (Å²) < 4.78 is 1.66. The lowest BCUT2D eigenvalue weighted by atomic mass is 10.1. The molecule has 0 fully saturated rings. The van der Waals surface area contributed by atoms with E-state index in [1.165, 1.54) is 23.5 Å². The van der Waals surface area contributed by atoms with E-state index in [1.807, 2.05) is 17.5 Å². The Kier molecular flexibility index (Phi) is 4.71. The molecule has 0 spiro atoms. The third kappa shape index (κ3) is 3.48. The van der Waals surface area contributed by atoms with Crippen molar-refractivity contribution in [3.8, 4) is 17.0 Å². The number of hydrogen-bond donors (Lipinski definition) is 2. The van der Waals surface area contributed by atoms with Crippen molar-refractivity contribution in [1.82, 2.24) is 9.66 Å². The first kappa shape index (κ1) is 16.6. The van der Waals surface area contributed by atoms with E-state index in [-0.39, 0.29) is 11.3 Å². The van der Waals surface area contributed by atoms with Crippen LogP contribution in [0, 0.1) is 0 Å². The molecule has 8 heteroatoms. The summed E-state index contributed by atoms with van der Waals surface area (Å²) in [5.74, 6) is -0.849. The van der Waals surface area contributed by atoms with E-state index in [1.54, 1.807) is 36.4 Å². The van der Waals surface area contributed by atoms with Gasteiger partial charge in [-0.3, -0.25) is 14.8 Å². The van der Waals surface area contributed by atoms with E-state index in [0.29, 0.717) is 10.4 Å². The van der Waals surface area contributed by atoms with Crippen LogP contribution in [0.1, 0.15) is 15.9 Å². The Morgan fingerprint density at radius 2 is 2.24 bits per heavy atom. The molecule has 1 aromatic carbocycles. The number of nitrogens with zero attached hydrogens (tertiary/aromatic N) is 4. The average Bonchev–Trinajstić information content (AvgIpc) is 3.04. The maximum atomic E-state index is 11.5. The highest BCUT2D eigenvalue weighted by atomic mass is 32.1. The molecule has 25 heavy (non-hydrogen) atoms. The van der Waals surface area contributed by atoms with Gasteiger partial charge >= 0.3 is 0 Å². The van der Waals surface area contributed by atoms with Gasteiger partial charge in [0.2, 0.25) is 4.80 Å². The summed E-state index contributed by atoms with van der Waals surface area (Å²) in [6.45, 7) is 0. The summed E-state index contributed by atoms with van der Waals surface area (Å²) in [5, 5.41) is 16.1. The van der Waals surface area contributed by atoms with Crippen LogP contribution >= 0.6 is 11.3 Å². The van der Waals surface area contributed by atoms with Crippen molar-refractivity contribution in [1.29, 1.82) is 0 Å². The zero-order chi connectivity index (χ0) is 17.8. The van der Waals surface area contributed by atoms with Crippen LogP contribution in [0.25, 0.3) is 11.3 Å². The number of thiazole rings is 1. The van der Waals surface area contributed by atoms with Gasteiger partial charge in [0.05, 0.1) is 17.5 Å². The van der Waals surface area contributed by atoms with Crippen LogP contribution < -0.4 is 10.5 Å². The molecule has 0 aliphatic heterocycles. The molecule has 0 saturated carbocycles. The summed E-state index contributed by atoms with van der Waals surface area (Å²) in [6.07, 6.45) is 5.06. The molecule has 3 aromatic rings. The van der Waals surface area contributed by atoms with Gasteiger partial charge in [-0.05, 0) is 24.3 Å². The van der Waals surface area contributed by atoms with Gasteiger partial charge in [-0.25, -0.2) is 4.68 Å². The maximum Gasteiger partial charge on any atom is 0.252 e. The number of carbonyl (C=O) groups excluding carboxylic acids is 1. The number of benzene rings is 1. The first-order valence-corrected chi connectivity index (χ1v) is 8.19. The minimum Gasteiger partial charge on any atom is -0.507 e. The van der Waals surface area contributed by atoms with Gasteiger partial charge in [0.1, 0.15) is 5.75 Å². The van der Waals surface area contributed by atoms with E-state index in [4.69, 9.17) is 5.73 Å². The lowest BCUT2D eigenvalue weighted by molar-refractivity contribution is 0.0998. The second-order valence-corrected chi connectivity index (χ2v) is 5.90. The molecule has 0 atom stereocenters. The minimum atomic E-state index is -0.694. The van der Waals surface area contributed by atoms with E-state index < -0.39 is 5.91 Å². The van der Waals surface area contributed by atoms with Crippen molar-refractivity contribution in [2.75, 3.05) is 7.05 Å². The SMILES string of the molecule is CN=c1scc(-c2ccc(O)c(C(N)=O)c2)n1/N=C/c1cccnc1. The number of phenols is 1. The van der Waals surface area contributed by atoms with Crippen LogP contribution in [0.15, 0.2) is 58.2 Å². The molecule has 2 heterocycles. The lowest BCUT2D eigenvalue weighted by Gasteiger charge is -2.06. The zero-order valence-electron chi connectivity index (χ0n) is 13.3. The Morgan fingerprint density at radius 1 is 1.40 bits per heavy atom. The van der Waals surface area contributed by atoms with Crippen LogP contribution in [0.4, 0.5) is 0 Å². The minimum absolute atomic E-state index is 0.0569. The van der Waals surface area contributed by atoms with E-state index in [0.717, 1.165) is 11.3 Å². The normalized spacial score (nSPS) is 12.0. The molecule has 3 N–H and O–H groups in total. The smallest absolute Gasteiger partial charge is 0.252 e. The molecule has 0 radical (unpaired) electrons. The second-order valence-electron chi connectivity index (χ2n) is 5.07. The van der Waals surface area contributed by atoms with Crippen molar-refractivity contribution in [2.24, 2.45) is 15.8 Å². The molecular weight excluding hydrogens is 338 g/mol. The van der Waals surface area contributed by atoms with Crippen molar-refractivity contribution >= 4 is 23.5 Å². The van der Waals surface area contributed by atoms with Crippen molar-refractivity contribution in [3.05, 3.63) is 64.0 Å². The summed E-state index contributed by atoms with van der Waals surface area (Å²) in [4.78, 5) is 20.4. The Labute approximate surface area is 147 Å². The number of hydrogen-bond acceptors (Lipinski definition) is 6. The molecule has 0 unspecified atom stereocenters. The summed E-state index contributed by atoms with van der Waals surface area (Å²) in [6, 6.07) is 8.38.